The summed E-state index contributed by atoms with van der Waals surface area (Å²) in [6, 6.07) is 8.39. The molecule has 0 amide bonds. The summed E-state index contributed by atoms with van der Waals surface area (Å²) in [5, 5.41) is 7.49. The summed E-state index contributed by atoms with van der Waals surface area (Å²) in [7, 11) is 0. The lowest BCUT2D eigenvalue weighted by atomic mass is 10.1. The van der Waals surface area contributed by atoms with Gasteiger partial charge in [0.05, 0.1) is 5.84 Å². The third kappa shape index (κ3) is 1.09. The van der Waals surface area contributed by atoms with Crippen LogP contribution in [0.4, 0.5) is 0 Å². The molecule has 0 radical (unpaired) electrons. The van der Waals surface area contributed by atoms with Crippen molar-refractivity contribution in [1.29, 1.82) is 5.41 Å². The van der Waals surface area contributed by atoms with Gasteiger partial charge in [-0.25, -0.2) is 0 Å². The topological polar surface area (TPSA) is 27.1 Å². The predicted octanol–water partition coefficient (Wildman–Crippen LogP) is 2.00. The van der Waals surface area contributed by atoms with Crippen LogP contribution in [-0.2, 0) is 13.1 Å². The van der Waals surface area contributed by atoms with Crippen LogP contribution >= 0.6 is 0 Å². The van der Waals surface area contributed by atoms with Crippen LogP contribution in [0.2, 0.25) is 0 Å². The quantitative estimate of drug-likeness (QED) is 0.456. The van der Waals surface area contributed by atoms with Crippen molar-refractivity contribution in [3.63, 3.8) is 0 Å². The van der Waals surface area contributed by atoms with Crippen molar-refractivity contribution in [3.8, 4) is 0 Å². The van der Waals surface area contributed by atoms with Crippen molar-refractivity contribution in [2.45, 2.75) is 20.0 Å². The van der Waals surface area contributed by atoms with Crippen molar-refractivity contribution in [3.05, 3.63) is 35.4 Å². The summed E-state index contributed by atoms with van der Waals surface area (Å²) in [5.41, 5.74) is 2.73. The molecule has 0 aromatic heterocycles. The third-order valence-electron chi connectivity index (χ3n) is 2.32. The number of hydrogen-bond acceptors (Lipinski definition) is 1. The van der Waals surface area contributed by atoms with Gasteiger partial charge in [0.15, 0.2) is 0 Å². The van der Waals surface area contributed by atoms with Gasteiger partial charge in [0.2, 0.25) is 0 Å². The standard InChI is InChI=1S/C10H12N2/c1-8(11)12-6-9-4-2-3-5-10(9)7-12/h2-5,11H,6-7H2,1H3. The number of hydrogen-bond donors (Lipinski definition) is 1. The Kier molecular flexibility index (Phi) is 1.61. The Bertz CT molecular complexity index is 292. The van der Waals surface area contributed by atoms with Gasteiger partial charge in [-0.2, -0.15) is 0 Å². The van der Waals surface area contributed by atoms with E-state index in [1.807, 2.05) is 6.92 Å². The maximum atomic E-state index is 7.49. The van der Waals surface area contributed by atoms with Crippen molar-refractivity contribution in [2.75, 3.05) is 0 Å². The molecule has 0 aliphatic carbocycles. The molecule has 2 heteroatoms. The van der Waals surface area contributed by atoms with Crippen LogP contribution < -0.4 is 0 Å². The molecule has 62 valence electrons. The van der Waals surface area contributed by atoms with Crippen LogP contribution in [0.5, 0.6) is 0 Å². The highest BCUT2D eigenvalue weighted by Gasteiger charge is 2.17. The summed E-state index contributed by atoms with van der Waals surface area (Å²) >= 11 is 0. The van der Waals surface area contributed by atoms with Crippen LogP contribution in [0, 0.1) is 5.41 Å². The second-order valence-corrected chi connectivity index (χ2v) is 3.21. The average molecular weight is 160 g/mol. The molecule has 1 heterocycles. The summed E-state index contributed by atoms with van der Waals surface area (Å²) in [6.07, 6.45) is 0. The average Bonchev–Trinajstić information content (AvgIpc) is 2.46. The van der Waals surface area contributed by atoms with Gasteiger partial charge in [-0.3, -0.25) is 5.41 Å². The van der Waals surface area contributed by atoms with Gasteiger partial charge in [0, 0.05) is 13.1 Å². The molecule has 1 aromatic rings. The zero-order valence-electron chi connectivity index (χ0n) is 7.17. The lowest BCUT2D eigenvalue weighted by Crippen LogP contribution is -2.21. The van der Waals surface area contributed by atoms with Gasteiger partial charge in [-0.05, 0) is 18.1 Å². The van der Waals surface area contributed by atoms with E-state index in [0.29, 0.717) is 5.84 Å². The van der Waals surface area contributed by atoms with Crippen LogP contribution in [0.1, 0.15) is 18.1 Å². The molecule has 0 saturated heterocycles. The first-order valence-corrected chi connectivity index (χ1v) is 4.14. The minimum atomic E-state index is 0.659. The largest absolute Gasteiger partial charge is 0.352 e. The Morgan fingerprint density at radius 1 is 1.25 bits per heavy atom. The van der Waals surface area contributed by atoms with Gasteiger partial charge >= 0.3 is 0 Å². The minimum absolute atomic E-state index is 0.659. The van der Waals surface area contributed by atoms with Crippen molar-refractivity contribution >= 4 is 5.84 Å². The number of nitrogens with one attached hydrogen (secondary N) is 1. The molecule has 0 fully saturated rings. The Morgan fingerprint density at radius 2 is 1.75 bits per heavy atom. The van der Waals surface area contributed by atoms with Gasteiger partial charge in [-0.1, -0.05) is 24.3 Å². The number of nitrogens with zero attached hydrogens (tertiary/aromatic N) is 1. The molecule has 2 rings (SSSR count). The molecular weight excluding hydrogens is 148 g/mol. The summed E-state index contributed by atoms with van der Waals surface area (Å²) < 4.78 is 0. The molecule has 1 N–H and O–H groups in total. The molecule has 0 atom stereocenters. The summed E-state index contributed by atoms with van der Waals surface area (Å²) in [6.45, 7) is 3.66. The normalized spacial score (nSPS) is 14.6. The van der Waals surface area contributed by atoms with Gasteiger partial charge < -0.3 is 4.90 Å². The molecule has 1 aliphatic heterocycles. The highest BCUT2D eigenvalue weighted by Crippen LogP contribution is 2.21. The lowest BCUT2D eigenvalue weighted by molar-refractivity contribution is 0.441. The van der Waals surface area contributed by atoms with Crippen molar-refractivity contribution in [2.24, 2.45) is 0 Å². The first-order chi connectivity index (χ1) is 5.77. The van der Waals surface area contributed by atoms with E-state index >= 15 is 0 Å². The highest BCUT2D eigenvalue weighted by molar-refractivity contribution is 5.77. The SMILES string of the molecule is CC(=N)N1Cc2ccccc2C1. The maximum absolute atomic E-state index is 7.49. The number of benzene rings is 1. The zero-order valence-corrected chi connectivity index (χ0v) is 7.17. The van der Waals surface area contributed by atoms with Crippen LogP contribution in [0.15, 0.2) is 24.3 Å². The first-order valence-electron chi connectivity index (χ1n) is 4.14. The van der Waals surface area contributed by atoms with Crippen LogP contribution in [-0.4, -0.2) is 10.7 Å². The van der Waals surface area contributed by atoms with E-state index in [2.05, 4.69) is 29.2 Å². The van der Waals surface area contributed by atoms with E-state index in [4.69, 9.17) is 5.41 Å². The zero-order chi connectivity index (χ0) is 8.55. The highest BCUT2D eigenvalue weighted by atomic mass is 15.2. The minimum Gasteiger partial charge on any atom is -0.352 e. The van der Waals surface area contributed by atoms with E-state index in [0.717, 1.165) is 13.1 Å². The Labute approximate surface area is 72.3 Å². The molecule has 12 heavy (non-hydrogen) atoms. The van der Waals surface area contributed by atoms with Gasteiger partial charge in [-0.15, -0.1) is 0 Å². The predicted molar refractivity (Wildman–Crippen MR) is 49.1 cm³/mol. The number of fused-ring (bicyclic) bond motifs is 1. The summed E-state index contributed by atoms with van der Waals surface area (Å²) in [4.78, 5) is 2.07. The molecule has 1 aromatic carbocycles. The van der Waals surface area contributed by atoms with E-state index in [1.165, 1.54) is 11.1 Å². The first kappa shape index (κ1) is 7.35. The van der Waals surface area contributed by atoms with Gasteiger partial charge in [0.1, 0.15) is 0 Å². The van der Waals surface area contributed by atoms with Crippen molar-refractivity contribution in [1.82, 2.24) is 4.90 Å². The fraction of sp³-hybridized carbons (Fsp3) is 0.300. The summed E-state index contributed by atoms with van der Waals surface area (Å²) in [5.74, 6) is 0.659. The molecule has 0 saturated carbocycles. The fourth-order valence-electron chi connectivity index (χ4n) is 1.57. The Hall–Kier alpha value is -1.31. The second-order valence-electron chi connectivity index (χ2n) is 3.21. The maximum Gasteiger partial charge on any atom is 0.0931 e. The Balaban J connectivity index is 2.27. The lowest BCUT2D eigenvalue weighted by Gasteiger charge is -2.14. The molecule has 1 aliphatic rings. The van der Waals surface area contributed by atoms with Crippen LogP contribution in [0.3, 0.4) is 0 Å². The van der Waals surface area contributed by atoms with Crippen molar-refractivity contribution < 1.29 is 0 Å². The third-order valence-corrected chi connectivity index (χ3v) is 2.32. The van der Waals surface area contributed by atoms with E-state index in [1.54, 1.807) is 0 Å². The molecule has 2 nitrogen and oxygen atoms in total. The Morgan fingerprint density at radius 3 is 2.17 bits per heavy atom. The molecule has 0 spiro atoms. The molecule has 0 unspecified atom stereocenters. The number of amidine groups is 1. The van der Waals surface area contributed by atoms with E-state index in [-0.39, 0.29) is 0 Å². The number of rotatable bonds is 0. The second kappa shape index (κ2) is 2.63. The molecular formula is C10H12N2. The smallest absolute Gasteiger partial charge is 0.0931 e. The fourth-order valence-corrected chi connectivity index (χ4v) is 1.57. The van der Waals surface area contributed by atoms with Gasteiger partial charge in [0.25, 0.3) is 0 Å². The van der Waals surface area contributed by atoms with Crippen LogP contribution in [0.25, 0.3) is 0 Å². The monoisotopic (exact) mass is 160 g/mol. The van der Waals surface area contributed by atoms with E-state index < -0.39 is 0 Å². The molecule has 0 bridgehead atoms. The van der Waals surface area contributed by atoms with E-state index in [9.17, 15) is 0 Å².